The number of aliphatic carboxylic acids is 1. The van der Waals surface area contributed by atoms with Crippen molar-refractivity contribution in [1.29, 1.82) is 0 Å². The number of hydrogen-bond acceptors (Lipinski definition) is 2. The van der Waals surface area contributed by atoms with Gasteiger partial charge in [0.2, 0.25) is 0 Å². The molecule has 80 valence electrons. The van der Waals surface area contributed by atoms with Gasteiger partial charge in [0.15, 0.2) is 0 Å². The van der Waals surface area contributed by atoms with E-state index in [1.165, 1.54) is 13.0 Å². The lowest BCUT2D eigenvalue weighted by Crippen LogP contribution is -2.14. The van der Waals surface area contributed by atoms with Crippen LogP contribution in [0.1, 0.15) is 34.6 Å². The normalized spacial score (nSPS) is 12.2. The van der Waals surface area contributed by atoms with E-state index in [0.29, 0.717) is 11.1 Å². The molecule has 4 heteroatoms. The van der Waals surface area contributed by atoms with Gasteiger partial charge in [0.1, 0.15) is 6.17 Å². The van der Waals surface area contributed by atoms with Crippen molar-refractivity contribution in [2.75, 3.05) is 0 Å². The molecule has 0 aliphatic carbocycles. The Kier molecular flexibility index (Phi) is 3.19. The van der Waals surface area contributed by atoms with Gasteiger partial charge in [0.25, 0.3) is 5.78 Å². The van der Waals surface area contributed by atoms with Gasteiger partial charge in [-0.2, -0.15) is 0 Å². The molecule has 0 radical (unpaired) electrons. The third-order valence-electron chi connectivity index (χ3n) is 2.16. The van der Waals surface area contributed by atoms with Crippen LogP contribution in [0, 0.1) is 6.92 Å². The van der Waals surface area contributed by atoms with E-state index in [0.717, 1.165) is 0 Å². The number of carbonyl (C=O) groups excluding carboxylic acids is 1. The van der Waals surface area contributed by atoms with Crippen molar-refractivity contribution in [2.45, 2.75) is 20.0 Å². The van der Waals surface area contributed by atoms with Crippen molar-refractivity contribution < 1.29 is 19.1 Å². The van der Waals surface area contributed by atoms with E-state index in [2.05, 4.69) is 0 Å². The molecule has 1 rings (SSSR count). The first-order valence-corrected chi connectivity index (χ1v) is 4.45. The first-order chi connectivity index (χ1) is 6.93. The Morgan fingerprint density at radius 1 is 1.40 bits per heavy atom. The van der Waals surface area contributed by atoms with Crippen molar-refractivity contribution in [3.8, 4) is 0 Å². The van der Waals surface area contributed by atoms with Gasteiger partial charge >= 0.3 is 5.97 Å². The van der Waals surface area contributed by atoms with E-state index >= 15 is 0 Å². The van der Waals surface area contributed by atoms with Gasteiger partial charge in [0, 0.05) is 5.56 Å². The molecular formula is C11H11FO3. The molecule has 1 N–H and O–H groups in total. The molecule has 0 saturated carbocycles. The smallest absolute Gasteiger partial charge is 0.377 e. The summed E-state index contributed by atoms with van der Waals surface area (Å²) in [7, 11) is 0. The van der Waals surface area contributed by atoms with Crippen molar-refractivity contribution in [1.82, 2.24) is 0 Å². The number of halogens is 1. The minimum absolute atomic E-state index is 0.0458. The maximum Gasteiger partial charge on any atom is 0.377 e. The second kappa shape index (κ2) is 4.21. The van der Waals surface area contributed by atoms with Crippen molar-refractivity contribution >= 4 is 11.8 Å². The Balaban J connectivity index is 3.22. The fourth-order valence-corrected chi connectivity index (χ4v) is 1.25. The van der Waals surface area contributed by atoms with Crippen LogP contribution in [0.25, 0.3) is 0 Å². The van der Waals surface area contributed by atoms with E-state index in [1.807, 2.05) is 0 Å². The summed E-state index contributed by atoms with van der Waals surface area (Å²) in [5.41, 5.74) is 0.890. The van der Waals surface area contributed by atoms with Crippen molar-refractivity contribution in [3.63, 3.8) is 0 Å². The van der Waals surface area contributed by atoms with Crippen LogP contribution in [-0.2, 0) is 4.79 Å². The molecule has 0 amide bonds. The first kappa shape index (κ1) is 11.4. The van der Waals surface area contributed by atoms with Gasteiger partial charge < -0.3 is 5.11 Å². The van der Waals surface area contributed by atoms with Crippen LogP contribution in [0.5, 0.6) is 0 Å². The van der Waals surface area contributed by atoms with Gasteiger partial charge in [-0.1, -0.05) is 12.1 Å². The Morgan fingerprint density at radius 2 is 2.00 bits per heavy atom. The van der Waals surface area contributed by atoms with E-state index in [-0.39, 0.29) is 5.56 Å². The zero-order chi connectivity index (χ0) is 11.6. The molecule has 0 aliphatic rings. The van der Waals surface area contributed by atoms with Crippen LogP contribution >= 0.6 is 0 Å². The Hall–Kier alpha value is -1.71. The molecule has 15 heavy (non-hydrogen) atoms. The summed E-state index contributed by atoms with van der Waals surface area (Å²) in [6.45, 7) is 2.95. The summed E-state index contributed by atoms with van der Waals surface area (Å²) in [5, 5.41) is 8.55. The van der Waals surface area contributed by atoms with E-state index in [9.17, 15) is 14.0 Å². The lowest BCUT2D eigenvalue weighted by molar-refractivity contribution is -0.131. The quantitative estimate of drug-likeness (QED) is 0.615. The van der Waals surface area contributed by atoms with Crippen LogP contribution < -0.4 is 0 Å². The van der Waals surface area contributed by atoms with Gasteiger partial charge in [-0.3, -0.25) is 4.79 Å². The summed E-state index contributed by atoms with van der Waals surface area (Å²) >= 11 is 0. The number of benzene rings is 1. The van der Waals surface area contributed by atoms with Gasteiger partial charge in [-0.15, -0.1) is 0 Å². The number of carboxylic acids is 1. The molecule has 1 atom stereocenters. The number of aryl methyl sites for hydroxylation is 1. The maximum absolute atomic E-state index is 13.0. The number of ketones is 1. The number of Topliss-reactive ketones (excluding diaryl/α,β-unsaturated/α-hetero) is 1. The average molecular weight is 210 g/mol. The Bertz CT molecular complexity index is 410. The van der Waals surface area contributed by atoms with Crippen LogP contribution in [0.3, 0.4) is 0 Å². The molecule has 0 fully saturated rings. The predicted octanol–water partition coefficient (Wildman–Crippen LogP) is 2.29. The van der Waals surface area contributed by atoms with Gasteiger partial charge in [0.05, 0.1) is 0 Å². The molecule has 1 aromatic carbocycles. The molecule has 0 spiro atoms. The standard InChI is InChI=1S/C11H11FO3/c1-6-3-4-8(7(2)12)5-9(6)10(13)11(14)15/h3-5,7H,1-2H3,(H,14,15). The predicted molar refractivity (Wildman–Crippen MR) is 52.7 cm³/mol. The minimum atomic E-state index is -1.53. The molecule has 0 saturated heterocycles. The summed E-state index contributed by atoms with van der Waals surface area (Å²) < 4.78 is 13.0. The Labute approximate surface area is 86.5 Å². The number of carboxylic acid groups (broad SMARTS) is 1. The molecule has 0 heterocycles. The fraction of sp³-hybridized carbons (Fsp3) is 0.273. The summed E-state index contributed by atoms with van der Waals surface area (Å²) in [6, 6.07) is 4.37. The average Bonchev–Trinajstić information content (AvgIpc) is 2.16. The van der Waals surface area contributed by atoms with E-state index in [4.69, 9.17) is 5.11 Å². The minimum Gasteiger partial charge on any atom is -0.475 e. The molecule has 1 aromatic rings. The van der Waals surface area contributed by atoms with E-state index < -0.39 is 17.9 Å². The van der Waals surface area contributed by atoms with Crippen LogP contribution in [0.2, 0.25) is 0 Å². The highest BCUT2D eigenvalue weighted by Crippen LogP contribution is 2.20. The number of rotatable bonds is 3. The highest BCUT2D eigenvalue weighted by Gasteiger charge is 2.18. The van der Waals surface area contributed by atoms with Crippen LogP contribution in [-0.4, -0.2) is 16.9 Å². The molecule has 0 bridgehead atoms. The molecule has 0 aromatic heterocycles. The molecule has 3 nitrogen and oxygen atoms in total. The third-order valence-corrected chi connectivity index (χ3v) is 2.16. The maximum atomic E-state index is 13.0. The fourth-order valence-electron chi connectivity index (χ4n) is 1.25. The number of alkyl halides is 1. The zero-order valence-corrected chi connectivity index (χ0v) is 8.45. The molecule has 0 aliphatic heterocycles. The summed E-state index contributed by atoms with van der Waals surface area (Å²) in [6.07, 6.45) is -1.22. The lowest BCUT2D eigenvalue weighted by Gasteiger charge is -2.06. The topological polar surface area (TPSA) is 54.4 Å². The number of carbonyl (C=O) groups is 2. The first-order valence-electron chi connectivity index (χ1n) is 4.45. The highest BCUT2D eigenvalue weighted by atomic mass is 19.1. The van der Waals surface area contributed by atoms with Crippen molar-refractivity contribution in [2.24, 2.45) is 0 Å². The highest BCUT2D eigenvalue weighted by molar-refractivity contribution is 6.40. The van der Waals surface area contributed by atoms with Gasteiger partial charge in [-0.05, 0) is 31.0 Å². The van der Waals surface area contributed by atoms with E-state index in [1.54, 1.807) is 19.1 Å². The van der Waals surface area contributed by atoms with Crippen LogP contribution in [0.15, 0.2) is 18.2 Å². The summed E-state index contributed by atoms with van der Waals surface area (Å²) in [5.74, 6) is -2.53. The Morgan fingerprint density at radius 3 is 2.47 bits per heavy atom. The lowest BCUT2D eigenvalue weighted by atomic mass is 10.00. The van der Waals surface area contributed by atoms with Gasteiger partial charge in [-0.25, -0.2) is 9.18 Å². The second-order valence-electron chi connectivity index (χ2n) is 3.32. The monoisotopic (exact) mass is 210 g/mol. The molecular weight excluding hydrogens is 199 g/mol. The van der Waals surface area contributed by atoms with Crippen LogP contribution in [0.4, 0.5) is 4.39 Å². The molecule has 1 unspecified atom stereocenters. The second-order valence-corrected chi connectivity index (χ2v) is 3.32. The zero-order valence-electron chi connectivity index (χ0n) is 8.45. The third kappa shape index (κ3) is 2.40. The largest absolute Gasteiger partial charge is 0.475 e. The summed E-state index contributed by atoms with van der Waals surface area (Å²) in [4.78, 5) is 21.7. The number of hydrogen-bond donors (Lipinski definition) is 1. The van der Waals surface area contributed by atoms with Crippen molar-refractivity contribution in [3.05, 3.63) is 34.9 Å². The SMILES string of the molecule is Cc1ccc(C(C)F)cc1C(=O)C(=O)O.